The number of amides is 2. The van der Waals surface area contributed by atoms with Crippen molar-refractivity contribution >= 4 is 17.7 Å². The summed E-state index contributed by atoms with van der Waals surface area (Å²) in [4.78, 5) is 30.6. The summed E-state index contributed by atoms with van der Waals surface area (Å²) in [6.45, 7) is 2.35. The van der Waals surface area contributed by atoms with Crippen LogP contribution in [0.5, 0.6) is 0 Å². The molecule has 0 unspecified atom stereocenters. The van der Waals surface area contributed by atoms with Gasteiger partial charge in [-0.2, -0.15) is 0 Å². The van der Waals surface area contributed by atoms with E-state index in [4.69, 9.17) is 5.73 Å². The Morgan fingerprint density at radius 1 is 1.06 bits per heavy atom. The molecule has 2 aromatic carbocycles. The minimum absolute atomic E-state index is 0.00191. The van der Waals surface area contributed by atoms with Gasteiger partial charge in [0.1, 0.15) is 5.82 Å². The molecular weight excluding hydrogens is 475 g/mol. The molecule has 3 rings (SSSR count). The molecule has 8 nitrogen and oxygen atoms in total. The molecule has 1 aromatic heterocycles. The van der Waals surface area contributed by atoms with Crippen LogP contribution < -0.4 is 27.2 Å². The van der Waals surface area contributed by atoms with Crippen LogP contribution >= 0.6 is 0 Å². The molecule has 3 aromatic rings. The van der Waals surface area contributed by atoms with Crippen molar-refractivity contribution in [2.75, 3.05) is 23.7 Å². The number of urea groups is 1. The fourth-order valence-electron chi connectivity index (χ4n) is 3.11. The average molecular weight is 496 g/mol. The Morgan fingerprint density at radius 3 is 2.43 bits per heavy atom. The van der Waals surface area contributed by atoms with Gasteiger partial charge in [0.15, 0.2) is 23.3 Å². The Kier molecular flexibility index (Phi) is 8.14. The standard InChI is InChI=1S/C22H21F5N6O2/c1-10-15(24)16(25)17(26)18(27)19(10)31-22(35)33-21-30-9-13(20(34)32-21)11-3-4-12(14(23)7-11)8-29-6-2-5-28/h3-4,7,9,29H,2,5-6,8,28H2,1H3,(H3,30,31,32,33,34,35). The Bertz CT molecular complexity index is 1290. The van der Waals surface area contributed by atoms with Gasteiger partial charge in [-0.25, -0.2) is 31.7 Å². The molecule has 0 fully saturated rings. The van der Waals surface area contributed by atoms with Crippen molar-refractivity contribution in [1.82, 2.24) is 15.3 Å². The van der Waals surface area contributed by atoms with E-state index in [1.165, 1.54) is 12.1 Å². The van der Waals surface area contributed by atoms with Gasteiger partial charge < -0.3 is 16.4 Å². The number of carbonyl (C=O) groups is 1. The summed E-state index contributed by atoms with van der Waals surface area (Å²) in [7, 11) is 0. The molecule has 0 saturated carbocycles. The second-order valence-corrected chi connectivity index (χ2v) is 7.43. The van der Waals surface area contributed by atoms with Crippen LogP contribution in [0, 0.1) is 36.0 Å². The molecule has 0 aliphatic heterocycles. The van der Waals surface area contributed by atoms with E-state index in [2.05, 4.69) is 20.6 Å². The predicted octanol–water partition coefficient (Wildman–Crippen LogP) is 3.52. The zero-order valence-electron chi connectivity index (χ0n) is 18.4. The fourth-order valence-corrected chi connectivity index (χ4v) is 3.11. The summed E-state index contributed by atoms with van der Waals surface area (Å²) < 4.78 is 68.7. The zero-order chi connectivity index (χ0) is 25.7. The molecule has 186 valence electrons. The van der Waals surface area contributed by atoms with Crippen molar-refractivity contribution in [1.29, 1.82) is 0 Å². The van der Waals surface area contributed by atoms with Crippen LogP contribution in [0.25, 0.3) is 11.1 Å². The number of nitrogens with two attached hydrogens (primary N) is 1. The number of carbonyl (C=O) groups excluding carboxylic acids is 1. The van der Waals surface area contributed by atoms with Gasteiger partial charge in [0.25, 0.3) is 5.56 Å². The highest BCUT2D eigenvalue weighted by molar-refractivity contribution is 5.99. The Morgan fingerprint density at radius 2 is 1.77 bits per heavy atom. The van der Waals surface area contributed by atoms with Gasteiger partial charge in [-0.15, -0.1) is 0 Å². The first kappa shape index (κ1) is 25.8. The lowest BCUT2D eigenvalue weighted by atomic mass is 10.1. The van der Waals surface area contributed by atoms with Crippen LogP contribution in [-0.2, 0) is 6.54 Å². The largest absolute Gasteiger partial charge is 0.330 e. The smallest absolute Gasteiger partial charge is 0.326 e. The molecule has 0 aliphatic rings. The van der Waals surface area contributed by atoms with E-state index in [1.807, 2.05) is 5.32 Å². The Hall–Kier alpha value is -3.84. The molecule has 35 heavy (non-hydrogen) atoms. The highest BCUT2D eigenvalue weighted by Gasteiger charge is 2.24. The lowest BCUT2D eigenvalue weighted by Gasteiger charge is -2.12. The van der Waals surface area contributed by atoms with Gasteiger partial charge in [-0.05, 0) is 38.1 Å². The molecule has 1 heterocycles. The second kappa shape index (κ2) is 11.1. The molecular formula is C22H21F5N6O2. The highest BCUT2D eigenvalue weighted by atomic mass is 19.2. The van der Waals surface area contributed by atoms with Crippen LogP contribution in [0.15, 0.2) is 29.2 Å². The number of H-pyrrole nitrogens is 1. The topological polar surface area (TPSA) is 125 Å². The van der Waals surface area contributed by atoms with Crippen LogP contribution in [0.4, 0.5) is 38.4 Å². The number of hydrogen-bond donors (Lipinski definition) is 5. The quantitative estimate of drug-likeness (QED) is 0.141. The third-order valence-electron chi connectivity index (χ3n) is 5.01. The third-order valence-corrected chi connectivity index (χ3v) is 5.01. The van der Waals surface area contributed by atoms with Crippen molar-refractivity contribution < 1.29 is 26.7 Å². The summed E-state index contributed by atoms with van der Waals surface area (Å²) in [5.41, 5.74) is 3.69. The molecule has 13 heteroatoms. The number of anilines is 2. The van der Waals surface area contributed by atoms with Gasteiger partial charge in [0.2, 0.25) is 5.95 Å². The number of benzene rings is 2. The van der Waals surface area contributed by atoms with E-state index in [9.17, 15) is 31.5 Å². The first-order valence-electron chi connectivity index (χ1n) is 10.3. The molecule has 0 bridgehead atoms. The van der Waals surface area contributed by atoms with Crippen LogP contribution in [-0.4, -0.2) is 29.1 Å². The number of rotatable bonds is 8. The number of nitrogens with one attached hydrogen (secondary N) is 4. The molecule has 0 saturated heterocycles. The number of halogens is 5. The first-order chi connectivity index (χ1) is 16.6. The molecule has 2 amide bonds. The lowest BCUT2D eigenvalue weighted by molar-refractivity contribution is 0.261. The van der Waals surface area contributed by atoms with E-state index in [0.717, 1.165) is 25.6 Å². The first-order valence-corrected chi connectivity index (χ1v) is 10.3. The molecule has 0 radical (unpaired) electrons. The Balaban J connectivity index is 1.73. The Labute approximate surface area is 195 Å². The summed E-state index contributed by atoms with van der Waals surface area (Å²) in [5.74, 6) is -8.50. The van der Waals surface area contributed by atoms with Crippen molar-refractivity contribution in [2.24, 2.45) is 5.73 Å². The van der Waals surface area contributed by atoms with Crippen molar-refractivity contribution in [3.63, 3.8) is 0 Å². The molecule has 0 aliphatic carbocycles. The number of nitrogens with zero attached hydrogens (tertiary/aromatic N) is 1. The minimum Gasteiger partial charge on any atom is -0.330 e. The van der Waals surface area contributed by atoms with Gasteiger partial charge in [-0.1, -0.05) is 12.1 Å². The predicted molar refractivity (Wildman–Crippen MR) is 119 cm³/mol. The van der Waals surface area contributed by atoms with Crippen molar-refractivity contribution in [3.8, 4) is 11.1 Å². The number of hydrogen-bond acceptors (Lipinski definition) is 5. The third kappa shape index (κ3) is 5.81. The maximum Gasteiger partial charge on any atom is 0.326 e. The lowest BCUT2D eigenvalue weighted by Crippen LogP contribution is -2.25. The van der Waals surface area contributed by atoms with Crippen LogP contribution in [0.3, 0.4) is 0 Å². The van der Waals surface area contributed by atoms with E-state index < -0.39 is 57.9 Å². The maximum atomic E-state index is 14.4. The van der Waals surface area contributed by atoms with Crippen molar-refractivity contribution in [3.05, 3.63) is 75.0 Å². The molecule has 0 spiro atoms. The van der Waals surface area contributed by atoms with Gasteiger partial charge in [0.05, 0.1) is 11.3 Å². The summed E-state index contributed by atoms with van der Waals surface area (Å²) >= 11 is 0. The molecule has 6 N–H and O–H groups in total. The van der Waals surface area contributed by atoms with Gasteiger partial charge in [-0.3, -0.25) is 15.1 Å². The van der Waals surface area contributed by atoms with E-state index in [-0.39, 0.29) is 17.7 Å². The van der Waals surface area contributed by atoms with Gasteiger partial charge in [0, 0.05) is 23.9 Å². The van der Waals surface area contributed by atoms with E-state index in [1.54, 1.807) is 0 Å². The maximum absolute atomic E-state index is 14.4. The van der Waals surface area contributed by atoms with Gasteiger partial charge >= 0.3 is 6.03 Å². The minimum atomic E-state index is -2.09. The van der Waals surface area contributed by atoms with Crippen LogP contribution in [0.2, 0.25) is 0 Å². The fraction of sp³-hybridized carbons (Fsp3) is 0.227. The zero-order valence-corrected chi connectivity index (χ0v) is 18.4. The average Bonchev–Trinajstić information content (AvgIpc) is 2.83. The van der Waals surface area contributed by atoms with Crippen molar-refractivity contribution in [2.45, 2.75) is 19.9 Å². The summed E-state index contributed by atoms with van der Waals surface area (Å²) in [6.07, 6.45) is 1.82. The SMILES string of the molecule is Cc1c(F)c(F)c(F)c(F)c1NC(=O)Nc1ncc(-c2ccc(CNCCCN)c(F)c2)c(=O)[nH]1. The monoisotopic (exact) mass is 496 g/mol. The number of aromatic amines is 1. The van der Waals surface area contributed by atoms with Crippen LogP contribution in [0.1, 0.15) is 17.5 Å². The van der Waals surface area contributed by atoms with E-state index >= 15 is 0 Å². The second-order valence-electron chi connectivity index (χ2n) is 7.43. The highest BCUT2D eigenvalue weighted by Crippen LogP contribution is 2.28. The normalized spacial score (nSPS) is 10.9. The molecule has 0 atom stereocenters. The van der Waals surface area contributed by atoms with E-state index in [0.29, 0.717) is 18.7 Å². The summed E-state index contributed by atoms with van der Waals surface area (Å²) in [6, 6.07) is 2.98. The summed E-state index contributed by atoms with van der Waals surface area (Å²) in [5, 5.41) is 6.95. The number of aromatic nitrogens is 2.